The van der Waals surface area contributed by atoms with E-state index in [2.05, 4.69) is 16.6 Å². The Morgan fingerprint density at radius 2 is 1.58 bits per heavy atom. The molecule has 0 aliphatic carbocycles. The van der Waals surface area contributed by atoms with Crippen LogP contribution in [0.4, 0.5) is 13.2 Å². The predicted octanol–water partition coefficient (Wildman–Crippen LogP) is 3.18. The van der Waals surface area contributed by atoms with Crippen LogP contribution in [-0.4, -0.2) is 15.0 Å². The standard InChI is InChI=1S/C17H14F3NO2S/c18-17(19,20)16-11-5-4-9-15(16)10-6-12-21-24(22,23)13-14-7-2-1-3-8-14/h1-5,7-9,11,21H,12-13H2. The molecule has 2 aromatic carbocycles. The van der Waals surface area contributed by atoms with Crippen molar-refractivity contribution in [3.05, 3.63) is 71.3 Å². The lowest BCUT2D eigenvalue weighted by Gasteiger charge is -2.08. The summed E-state index contributed by atoms with van der Waals surface area (Å²) in [5.41, 5.74) is -0.419. The zero-order valence-corrected chi connectivity index (χ0v) is 13.3. The topological polar surface area (TPSA) is 46.2 Å². The first-order valence-corrected chi connectivity index (χ1v) is 8.59. The number of alkyl halides is 3. The molecule has 0 bridgehead atoms. The quantitative estimate of drug-likeness (QED) is 0.858. The van der Waals surface area contributed by atoms with E-state index in [1.54, 1.807) is 30.3 Å². The maximum absolute atomic E-state index is 12.8. The molecule has 0 heterocycles. The Labute approximate surface area is 138 Å². The number of benzene rings is 2. The third kappa shape index (κ3) is 5.41. The predicted molar refractivity (Wildman–Crippen MR) is 85.4 cm³/mol. The lowest BCUT2D eigenvalue weighted by molar-refractivity contribution is -0.137. The van der Waals surface area contributed by atoms with Crippen molar-refractivity contribution < 1.29 is 21.6 Å². The first-order valence-electron chi connectivity index (χ1n) is 6.94. The molecule has 0 fully saturated rings. The number of rotatable bonds is 4. The highest BCUT2D eigenvalue weighted by molar-refractivity contribution is 7.88. The highest BCUT2D eigenvalue weighted by atomic mass is 32.2. The summed E-state index contributed by atoms with van der Waals surface area (Å²) in [7, 11) is -3.60. The smallest absolute Gasteiger partial charge is 0.212 e. The van der Waals surface area contributed by atoms with E-state index in [-0.39, 0.29) is 17.9 Å². The molecular formula is C17H14F3NO2S. The molecule has 126 valence electrons. The molecule has 2 rings (SSSR count). The van der Waals surface area contributed by atoms with E-state index in [0.29, 0.717) is 5.56 Å². The lowest BCUT2D eigenvalue weighted by atomic mass is 10.1. The third-order valence-corrected chi connectivity index (χ3v) is 4.33. The van der Waals surface area contributed by atoms with Gasteiger partial charge in [-0.15, -0.1) is 0 Å². The number of nitrogens with one attached hydrogen (secondary N) is 1. The summed E-state index contributed by atoms with van der Waals surface area (Å²) >= 11 is 0. The van der Waals surface area contributed by atoms with E-state index in [1.165, 1.54) is 18.2 Å². The fourth-order valence-electron chi connectivity index (χ4n) is 1.97. The van der Waals surface area contributed by atoms with Gasteiger partial charge in [-0.25, -0.2) is 13.1 Å². The Morgan fingerprint density at radius 1 is 0.958 bits per heavy atom. The van der Waals surface area contributed by atoms with Gasteiger partial charge in [-0.1, -0.05) is 54.3 Å². The Hall–Kier alpha value is -2.30. The van der Waals surface area contributed by atoms with Crippen molar-refractivity contribution in [1.82, 2.24) is 4.72 Å². The molecule has 0 spiro atoms. The number of sulfonamides is 1. The van der Waals surface area contributed by atoms with Crippen molar-refractivity contribution in [2.45, 2.75) is 11.9 Å². The second-order valence-corrected chi connectivity index (χ2v) is 6.72. The molecule has 1 N–H and O–H groups in total. The van der Waals surface area contributed by atoms with Crippen LogP contribution < -0.4 is 4.72 Å². The Morgan fingerprint density at radius 3 is 2.25 bits per heavy atom. The summed E-state index contributed by atoms with van der Waals surface area (Å²) in [6, 6.07) is 13.5. The molecule has 0 atom stereocenters. The van der Waals surface area contributed by atoms with Crippen LogP contribution in [-0.2, 0) is 22.0 Å². The van der Waals surface area contributed by atoms with Gasteiger partial charge in [0.2, 0.25) is 10.0 Å². The van der Waals surface area contributed by atoms with Gasteiger partial charge in [-0.2, -0.15) is 13.2 Å². The molecule has 0 aliphatic heterocycles. The second-order valence-electron chi connectivity index (χ2n) is 4.91. The minimum atomic E-state index is -4.50. The fourth-order valence-corrected chi connectivity index (χ4v) is 2.99. The average molecular weight is 353 g/mol. The van der Waals surface area contributed by atoms with Gasteiger partial charge in [0, 0.05) is 5.56 Å². The molecule has 24 heavy (non-hydrogen) atoms. The zero-order chi connectivity index (χ0) is 17.6. The highest BCUT2D eigenvalue weighted by Crippen LogP contribution is 2.31. The molecule has 0 saturated carbocycles. The summed E-state index contributed by atoms with van der Waals surface area (Å²) in [6.45, 7) is -0.263. The van der Waals surface area contributed by atoms with Gasteiger partial charge in [0.05, 0.1) is 17.9 Å². The largest absolute Gasteiger partial charge is 0.417 e. The average Bonchev–Trinajstić information content (AvgIpc) is 2.51. The van der Waals surface area contributed by atoms with Crippen LogP contribution >= 0.6 is 0 Å². The molecule has 7 heteroatoms. The summed E-state index contributed by atoms with van der Waals surface area (Å²) in [5.74, 6) is 4.56. The Balaban J connectivity index is 2.02. The van der Waals surface area contributed by atoms with Crippen LogP contribution in [0.15, 0.2) is 54.6 Å². The lowest BCUT2D eigenvalue weighted by Crippen LogP contribution is -2.25. The Bertz CT molecular complexity index is 851. The SMILES string of the molecule is O=S(=O)(Cc1ccccc1)NCC#Cc1ccccc1C(F)(F)F. The van der Waals surface area contributed by atoms with Gasteiger partial charge < -0.3 is 0 Å². The molecule has 0 amide bonds. The summed E-state index contributed by atoms with van der Waals surface area (Å²) in [6.07, 6.45) is -4.50. The molecule has 0 aliphatic rings. The third-order valence-electron chi connectivity index (χ3n) is 3.04. The van der Waals surface area contributed by atoms with Gasteiger partial charge >= 0.3 is 6.18 Å². The van der Waals surface area contributed by atoms with Crippen molar-refractivity contribution in [2.24, 2.45) is 0 Å². The van der Waals surface area contributed by atoms with E-state index >= 15 is 0 Å². The Kier molecular flexibility index (Phi) is 5.65. The normalized spacial score (nSPS) is 11.6. The monoisotopic (exact) mass is 353 g/mol. The van der Waals surface area contributed by atoms with Crippen molar-refractivity contribution in [1.29, 1.82) is 0 Å². The number of hydrogen-bond acceptors (Lipinski definition) is 2. The molecule has 3 nitrogen and oxygen atoms in total. The molecular weight excluding hydrogens is 339 g/mol. The van der Waals surface area contributed by atoms with Crippen LogP contribution in [0.3, 0.4) is 0 Å². The maximum atomic E-state index is 12.8. The van der Waals surface area contributed by atoms with E-state index in [4.69, 9.17) is 0 Å². The number of halogens is 3. The van der Waals surface area contributed by atoms with Crippen molar-refractivity contribution in [3.63, 3.8) is 0 Å². The zero-order valence-electron chi connectivity index (χ0n) is 12.5. The van der Waals surface area contributed by atoms with Crippen molar-refractivity contribution in [3.8, 4) is 11.8 Å². The molecule has 0 aromatic heterocycles. The maximum Gasteiger partial charge on any atom is 0.417 e. The first-order chi connectivity index (χ1) is 11.3. The van der Waals surface area contributed by atoms with E-state index in [9.17, 15) is 21.6 Å². The van der Waals surface area contributed by atoms with Gasteiger partial charge in [-0.05, 0) is 17.7 Å². The highest BCUT2D eigenvalue weighted by Gasteiger charge is 2.32. The summed E-state index contributed by atoms with van der Waals surface area (Å²) in [4.78, 5) is 0. The summed E-state index contributed by atoms with van der Waals surface area (Å²) < 4.78 is 64.4. The molecule has 0 unspecified atom stereocenters. The fraction of sp³-hybridized carbons (Fsp3) is 0.176. The van der Waals surface area contributed by atoms with E-state index < -0.39 is 21.8 Å². The van der Waals surface area contributed by atoms with Crippen molar-refractivity contribution >= 4 is 10.0 Å². The minimum absolute atomic E-state index is 0.188. The van der Waals surface area contributed by atoms with Crippen LogP contribution in [0.1, 0.15) is 16.7 Å². The second kappa shape index (κ2) is 7.51. The molecule has 0 radical (unpaired) electrons. The molecule has 2 aromatic rings. The van der Waals surface area contributed by atoms with Gasteiger partial charge in [0.15, 0.2) is 0 Å². The van der Waals surface area contributed by atoms with Crippen molar-refractivity contribution in [2.75, 3.05) is 6.54 Å². The van der Waals surface area contributed by atoms with E-state index in [1.807, 2.05) is 0 Å². The minimum Gasteiger partial charge on any atom is -0.212 e. The van der Waals surface area contributed by atoms with Gasteiger partial charge in [0.1, 0.15) is 0 Å². The van der Waals surface area contributed by atoms with Crippen LogP contribution in [0.25, 0.3) is 0 Å². The van der Waals surface area contributed by atoms with Gasteiger partial charge in [-0.3, -0.25) is 0 Å². The number of hydrogen-bond donors (Lipinski definition) is 1. The van der Waals surface area contributed by atoms with Gasteiger partial charge in [0.25, 0.3) is 0 Å². The van der Waals surface area contributed by atoms with Crippen LogP contribution in [0, 0.1) is 11.8 Å². The first kappa shape index (κ1) is 18.0. The molecule has 0 saturated heterocycles. The van der Waals surface area contributed by atoms with Crippen LogP contribution in [0.5, 0.6) is 0 Å². The van der Waals surface area contributed by atoms with Crippen LogP contribution in [0.2, 0.25) is 0 Å². The van der Waals surface area contributed by atoms with E-state index in [0.717, 1.165) is 6.07 Å². The summed E-state index contributed by atoms with van der Waals surface area (Å²) in [5, 5.41) is 0.